The third-order valence-corrected chi connectivity index (χ3v) is 4.94. The highest BCUT2D eigenvalue weighted by Gasteiger charge is 2.26. The van der Waals surface area contributed by atoms with Crippen LogP contribution in [0.15, 0.2) is 46.9 Å². The molecule has 3 aromatic rings. The average molecular weight is 458 g/mol. The molecule has 0 saturated carbocycles. The number of methoxy groups -OCH3 is 3. The van der Waals surface area contributed by atoms with E-state index in [1.54, 1.807) is 18.2 Å². The summed E-state index contributed by atoms with van der Waals surface area (Å²) in [5.41, 5.74) is 1.12. The van der Waals surface area contributed by atoms with Crippen LogP contribution in [0.3, 0.4) is 0 Å². The van der Waals surface area contributed by atoms with Crippen LogP contribution in [0.25, 0.3) is 10.8 Å². The van der Waals surface area contributed by atoms with E-state index in [1.165, 1.54) is 28.3 Å². The van der Waals surface area contributed by atoms with Crippen molar-refractivity contribution in [2.75, 3.05) is 26.6 Å². The van der Waals surface area contributed by atoms with E-state index in [4.69, 9.17) is 14.2 Å². The minimum Gasteiger partial charge on any atom is -0.496 e. The van der Waals surface area contributed by atoms with Gasteiger partial charge in [-0.3, -0.25) is 9.59 Å². The van der Waals surface area contributed by atoms with Gasteiger partial charge in [0.1, 0.15) is 22.8 Å². The molecule has 0 spiro atoms. The van der Waals surface area contributed by atoms with Gasteiger partial charge in [-0.05, 0) is 29.0 Å². The Morgan fingerprint density at radius 1 is 0.828 bits per heavy atom. The fourth-order valence-electron chi connectivity index (χ4n) is 3.22. The molecular formula is C22H20BrNO5. The Balaban J connectivity index is 2.27. The normalized spacial score (nSPS) is 10.5. The van der Waals surface area contributed by atoms with Crippen LogP contribution in [-0.4, -0.2) is 33.0 Å². The number of ether oxygens (including phenoxy) is 3. The molecule has 6 nitrogen and oxygen atoms in total. The highest BCUT2D eigenvalue weighted by atomic mass is 79.9. The monoisotopic (exact) mass is 457 g/mol. The van der Waals surface area contributed by atoms with Crippen molar-refractivity contribution in [2.45, 2.75) is 6.92 Å². The van der Waals surface area contributed by atoms with Crippen molar-refractivity contribution < 1.29 is 23.8 Å². The summed E-state index contributed by atoms with van der Waals surface area (Å²) in [6.07, 6.45) is 0. The topological polar surface area (TPSA) is 73.9 Å². The summed E-state index contributed by atoms with van der Waals surface area (Å²) in [6.45, 7) is 1.40. The number of hydrogen-bond acceptors (Lipinski definition) is 5. The highest BCUT2D eigenvalue weighted by Crippen LogP contribution is 2.39. The summed E-state index contributed by atoms with van der Waals surface area (Å²) in [5, 5.41) is 4.31. The highest BCUT2D eigenvalue weighted by molar-refractivity contribution is 9.10. The second-order valence-electron chi connectivity index (χ2n) is 6.27. The van der Waals surface area contributed by atoms with Gasteiger partial charge in [0.15, 0.2) is 0 Å². The third-order valence-electron chi connectivity index (χ3n) is 4.44. The van der Waals surface area contributed by atoms with Crippen LogP contribution >= 0.6 is 15.9 Å². The van der Waals surface area contributed by atoms with Crippen molar-refractivity contribution in [2.24, 2.45) is 0 Å². The van der Waals surface area contributed by atoms with Crippen LogP contribution in [0.1, 0.15) is 22.8 Å². The zero-order valence-corrected chi connectivity index (χ0v) is 18.0. The minimum absolute atomic E-state index is 0.241. The molecule has 0 fully saturated rings. The Bertz CT molecular complexity index is 1080. The smallest absolute Gasteiger partial charge is 0.221 e. The lowest BCUT2D eigenvalue weighted by atomic mass is 9.94. The molecule has 0 heterocycles. The van der Waals surface area contributed by atoms with Crippen molar-refractivity contribution in [3.63, 3.8) is 0 Å². The molecule has 29 heavy (non-hydrogen) atoms. The molecule has 0 saturated heterocycles. The fraction of sp³-hybridized carbons (Fsp3) is 0.182. The van der Waals surface area contributed by atoms with E-state index in [1.807, 2.05) is 24.3 Å². The average Bonchev–Trinajstić information content (AvgIpc) is 2.70. The molecule has 3 rings (SSSR count). The number of rotatable bonds is 6. The Labute approximate surface area is 176 Å². The number of carbonyl (C=O) groups is 2. The SMILES string of the molecule is COc1cc(NC(C)=O)cc(OC)c1C(=O)c1c(OC)ccc2cc(Br)ccc12. The first-order chi connectivity index (χ1) is 13.9. The van der Waals surface area contributed by atoms with Crippen molar-refractivity contribution in [3.8, 4) is 17.2 Å². The maximum Gasteiger partial charge on any atom is 0.221 e. The number of hydrogen-bond donors (Lipinski definition) is 1. The van der Waals surface area contributed by atoms with Gasteiger partial charge in [0, 0.05) is 29.2 Å². The van der Waals surface area contributed by atoms with Gasteiger partial charge in [-0.25, -0.2) is 0 Å². The number of carbonyl (C=O) groups excluding carboxylic acids is 2. The zero-order valence-electron chi connectivity index (χ0n) is 16.5. The van der Waals surface area contributed by atoms with Gasteiger partial charge >= 0.3 is 0 Å². The van der Waals surface area contributed by atoms with Gasteiger partial charge in [0.25, 0.3) is 0 Å². The molecule has 0 radical (unpaired) electrons. The molecule has 3 aromatic carbocycles. The molecule has 1 N–H and O–H groups in total. The standard InChI is InChI=1S/C22H20BrNO5/c1-12(25)24-15-10-18(28-3)21(19(11-15)29-4)22(26)20-16-7-6-14(23)9-13(16)5-8-17(20)27-2/h5-11H,1-4H3,(H,24,25). The van der Waals surface area contributed by atoms with Crippen LogP contribution in [0, 0.1) is 0 Å². The van der Waals surface area contributed by atoms with Crippen LogP contribution in [-0.2, 0) is 4.79 Å². The van der Waals surface area contributed by atoms with Crippen molar-refractivity contribution in [3.05, 3.63) is 58.1 Å². The number of ketones is 1. The van der Waals surface area contributed by atoms with Crippen LogP contribution in [0.5, 0.6) is 17.2 Å². The fourth-order valence-corrected chi connectivity index (χ4v) is 3.60. The van der Waals surface area contributed by atoms with Crippen LogP contribution in [0.4, 0.5) is 5.69 Å². The van der Waals surface area contributed by atoms with E-state index in [0.717, 1.165) is 15.2 Å². The first-order valence-electron chi connectivity index (χ1n) is 8.74. The van der Waals surface area contributed by atoms with Crippen molar-refractivity contribution >= 4 is 44.1 Å². The molecule has 0 aliphatic heterocycles. The van der Waals surface area contributed by atoms with Gasteiger partial charge in [0.2, 0.25) is 11.7 Å². The van der Waals surface area contributed by atoms with Crippen LogP contribution < -0.4 is 19.5 Å². The second kappa shape index (κ2) is 8.53. The second-order valence-corrected chi connectivity index (χ2v) is 7.19. The molecule has 0 aliphatic rings. The van der Waals surface area contributed by atoms with Gasteiger partial charge in [-0.15, -0.1) is 0 Å². The van der Waals surface area contributed by atoms with Crippen molar-refractivity contribution in [1.82, 2.24) is 0 Å². The lowest BCUT2D eigenvalue weighted by Crippen LogP contribution is -2.11. The number of benzene rings is 3. The van der Waals surface area contributed by atoms with Crippen LogP contribution in [0.2, 0.25) is 0 Å². The van der Waals surface area contributed by atoms with Gasteiger partial charge in [-0.2, -0.15) is 0 Å². The molecule has 0 bridgehead atoms. The maximum atomic E-state index is 13.7. The first kappa shape index (κ1) is 20.7. The maximum absolute atomic E-state index is 13.7. The zero-order chi connectivity index (χ0) is 21.1. The Hall–Kier alpha value is -3.06. The van der Waals surface area contributed by atoms with Gasteiger partial charge < -0.3 is 19.5 Å². The number of fused-ring (bicyclic) bond motifs is 1. The summed E-state index contributed by atoms with van der Waals surface area (Å²) in [5.74, 6) is 0.468. The molecule has 150 valence electrons. The Kier molecular flexibility index (Phi) is 6.08. The summed E-state index contributed by atoms with van der Waals surface area (Å²) in [4.78, 5) is 25.1. The summed E-state index contributed by atoms with van der Waals surface area (Å²) < 4.78 is 17.3. The van der Waals surface area contributed by atoms with E-state index in [2.05, 4.69) is 21.2 Å². The molecule has 0 aromatic heterocycles. The molecule has 7 heteroatoms. The van der Waals surface area contributed by atoms with Gasteiger partial charge in [-0.1, -0.05) is 28.1 Å². The summed E-state index contributed by atoms with van der Waals surface area (Å²) >= 11 is 3.46. The molecule has 0 unspecified atom stereocenters. The largest absolute Gasteiger partial charge is 0.496 e. The van der Waals surface area contributed by atoms with E-state index in [9.17, 15) is 9.59 Å². The molecular weight excluding hydrogens is 438 g/mol. The molecule has 0 atom stereocenters. The molecule has 1 amide bonds. The summed E-state index contributed by atoms with van der Waals surface area (Å²) in [6, 6.07) is 12.5. The number of amides is 1. The minimum atomic E-state index is -0.308. The predicted octanol–water partition coefficient (Wildman–Crippen LogP) is 4.82. The van der Waals surface area contributed by atoms with Crippen molar-refractivity contribution in [1.29, 1.82) is 0 Å². The summed E-state index contributed by atoms with van der Waals surface area (Å²) in [7, 11) is 4.44. The first-order valence-corrected chi connectivity index (χ1v) is 9.53. The van der Waals surface area contributed by atoms with E-state index >= 15 is 0 Å². The van der Waals surface area contributed by atoms with E-state index in [-0.39, 0.29) is 28.8 Å². The third kappa shape index (κ3) is 4.05. The number of anilines is 1. The lowest BCUT2D eigenvalue weighted by molar-refractivity contribution is -0.114. The van der Waals surface area contributed by atoms with E-state index < -0.39 is 0 Å². The lowest BCUT2D eigenvalue weighted by Gasteiger charge is -2.17. The number of halogens is 1. The quantitative estimate of drug-likeness (QED) is 0.537. The Morgan fingerprint density at radius 3 is 2.00 bits per heavy atom. The Morgan fingerprint density at radius 2 is 1.45 bits per heavy atom. The van der Waals surface area contributed by atoms with Gasteiger partial charge in [0.05, 0.1) is 26.9 Å². The van der Waals surface area contributed by atoms with E-state index in [0.29, 0.717) is 17.0 Å². The predicted molar refractivity (Wildman–Crippen MR) is 115 cm³/mol. The number of nitrogens with one attached hydrogen (secondary N) is 1. The molecule has 0 aliphatic carbocycles.